The van der Waals surface area contributed by atoms with Gasteiger partial charge in [0.1, 0.15) is 0 Å². The lowest BCUT2D eigenvalue weighted by Gasteiger charge is -2.14. The van der Waals surface area contributed by atoms with Crippen molar-refractivity contribution in [2.24, 2.45) is 0 Å². The predicted molar refractivity (Wildman–Crippen MR) is 79.1 cm³/mol. The molecule has 3 heteroatoms. The number of fused-ring (bicyclic) bond motifs is 2. The van der Waals surface area contributed by atoms with Crippen molar-refractivity contribution in [1.29, 1.82) is 0 Å². The minimum Gasteiger partial charge on any atom is -0.273 e. The Balaban J connectivity index is 2.26. The molecule has 96 valence electrons. The van der Waals surface area contributed by atoms with Crippen molar-refractivity contribution in [3.8, 4) is 0 Å². The number of para-hydroxylation sites is 2. The summed E-state index contributed by atoms with van der Waals surface area (Å²) in [5, 5.41) is 2.14. The average Bonchev–Trinajstić information content (AvgIpc) is 2.43. The molecule has 3 aromatic rings. The van der Waals surface area contributed by atoms with Crippen molar-refractivity contribution in [1.82, 2.24) is 4.98 Å². The Morgan fingerprint density at radius 3 is 1.95 bits per heavy atom. The highest BCUT2D eigenvalue weighted by Gasteiger charge is 2.08. The first-order chi connectivity index (χ1) is 9.25. The van der Waals surface area contributed by atoms with Crippen LogP contribution in [0.4, 0.5) is 5.69 Å². The van der Waals surface area contributed by atoms with Gasteiger partial charge in [-0.3, -0.25) is 10.3 Å². The van der Waals surface area contributed by atoms with E-state index in [1.54, 1.807) is 0 Å². The number of pyridine rings is 1. The fraction of sp³-hybridized carbons (Fsp3) is 0.188. The van der Waals surface area contributed by atoms with Crippen LogP contribution in [0.25, 0.3) is 21.8 Å². The van der Waals surface area contributed by atoms with Crippen LogP contribution in [0.1, 0.15) is 13.8 Å². The number of nitrogens with zero attached hydrogens (tertiary/aromatic N) is 1. The summed E-state index contributed by atoms with van der Waals surface area (Å²) in [6.45, 7) is 4.00. The van der Waals surface area contributed by atoms with Crippen LogP contribution in [0.2, 0.25) is 0 Å². The molecule has 1 heterocycles. The number of aromatic nitrogens is 1. The number of hydrogen-bond donors (Lipinski definition) is 1. The van der Waals surface area contributed by atoms with Crippen LogP contribution in [0, 0.1) is 0 Å². The molecular weight excluding hydrogens is 236 g/mol. The monoisotopic (exact) mass is 252 g/mol. The Morgan fingerprint density at radius 1 is 0.895 bits per heavy atom. The molecule has 0 spiro atoms. The summed E-state index contributed by atoms with van der Waals surface area (Å²) in [6.07, 6.45) is 0.116. The van der Waals surface area contributed by atoms with Crippen LogP contribution in [-0.4, -0.2) is 11.1 Å². The molecule has 0 unspecified atom stereocenters. The smallest absolute Gasteiger partial charge is 0.0797 e. The average molecular weight is 252 g/mol. The lowest BCUT2D eigenvalue weighted by atomic mass is 10.1. The largest absolute Gasteiger partial charge is 0.273 e. The maximum atomic E-state index is 5.57. The first-order valence-corrected chi connectivity index (χ1v) is 6.45. The molecule has 3 nitrogen and oxygen atoms in total. The molecule has 19 heavy (non-hydrogen) atoms. The maximum Gasteiger partial charge on any atom is 0.0797 e. The van der Waals surface area contributed by atoms with Crippen LogP contribution in [0.5, 0.6) is 0 Å². The van der Waals surface area contributed by atoms with Gasteiger partial charge in [-0.25, -0.2) is 4.98 Å². The molecule has 0 amide bonds. The summed E-state index contributed by atoms with van der Waals surface area (Å²) in [6, 6.07) is 16.2. The van der Waals surface area contributed by atoms with Crippen molar-refractivity contribution < 1.29 is 4.84 Å². The second-order valence-corrected chi connectivity index (χ2v) is 4.79. The molecule has 3 rings (SSSR count). The van der Waals surface area contributed by atoms with E-state index in [2.05, 4.69) is 22.6 Å². The van der Waals surface area contributed by atoms with Gasteiger partial charge in [0.05, 0.1) is 22.8 Å². The Labute approximate surface area is 112 Å². The Hall–Kier alpha value is -2.13. The van der Waals surface area contributed by atoms with Gasteiger partial charge in [0.15, 0.2) is 0 Å². The SMILES string of the molecule is CC(C)ONc1c2ccccc2nc2ccccc12. The second-order valence-electron chi connectivity index (χ2n) is 4.79. The molecule has 0 aliphatic rings. The summed E-state index contributed by atoms with van der Waals surface area (Å²) in [7, 11) is 0. The molecule has 0 saturated carbocycles. The summed E-state index contributed by atoms with van der Waals surface area (Å²) in [5.41, 5.74) is 6.01. The Morgan fingerprint density at radius 2 is 1.42 bits per heavy atom. The molecule has 0 atom stereocenters. The molecule has 0 aliphatic heterocycles. The first-order valence-electron chi connectivity index (χ1n) is 6.45. The molecule has 1 aromatic heterocycles. The highest BCUT2D eigenvalue weighted by Crippen LogP contribution is 2.30. The molecule has 0 fully saturated rings. The summed E-state index contributed by atoms with van der Waals surface area (Å²) < 4.78 is 0. The van der Waals surface area contributed by atoms with Gasteiger partial charge in [-0.1, -0.05) is 36.4 Å². The van der Waals surface area contributed by atoms with Gasteiger partial charge in [-0.2, -0.15) is 0 Å². The Kier molecular flexibility index (Phi) is 3.05. The normalized spacial score (nSPS) is 11.3. The lowest BCUT2D eigenvalue weighted by Crippen LogP contribution is -2.09. The van der Waals surface area contributed by atoms with Gasteiger partial charge in [0.2, 0.25) is 0 Å². The van der Waals surface area contributed by atoms with Gasteiger partial charge >= 0.3 is 0 Å². The van der Waals surface area contributed by atoms with Crippen molar-refractivity contribution in [2.45, 2.75) is 20.0 Å². The van der Waals surface area contributed by atoms with Gasteiger partial charge in [0, 0.05) is 10.8 Å². The van der Waals surface area contributed by atoms with Crippen LogP contribution >= 0.6 is 0 Å². The van der Waals surface area contributed by atoms with E-state index in [-0.39, 0.29) is 6.10 Å². The topological polar surface area (TPSA) is 34.1 Å². The number of hydrogen-bond acceptors (Lipinski definition) is 3. The van der Waals surface area contributed by atoms with E-state index >= 15 is 0 Å². The molecule has 0 saturated heterocycles. The standard InChI is InChI=1S/C16H16N2O/c1-11(2)19-18-16-12-7-3-5-9-14(12)17-15-10-6-4-8-13(15)16/h3-11H,1-2H3,(H,17,18). The van der Waals surface area contributed by atoms with Crippen molar-refractivity contribution in [2.75, 3.05) is 5.48 Å². The number of rotatable bonds is 3. The number of nitrogens with one attached hydrogen (secondary N) is 1. The number of benzene rings is 2. The van der Waals surface area contributed by atoms with E-state index < -0.39 is 0 Å². The molecular formula is C16H16N2O. The minimum absolute atomic E-state index is 0.116. The molecule has 1 N–H and O–H groups in total. The zero-order chi connectivity index (χ0) is 13.2. The van der Waals surface area contributed by atoms with E-state index in [9.17, 15) is 0 Å². The molecule has 2 aromatic carbocycles. The minimum atomic E-state index is 0.116. The van der Waals surface area contributed by atoms with Crippen LogP contribution < -0.4 is 5.48 Å². The highest BCUT2D eigenvalue weighted by molar-refractivity contribution is 6.06. The van der Waals surface area contributed by atoms with Crippen molar-refractivity contribution in [3.63, 3.8) is 0 Å². The molecule has 0 bridgehead atoms. The third-order valence-electron chi connectivity index (χ3n) is 2.98. The summed E-state index contributed by atoms with van der Waals surface area (Å²) in [5.74, 6) is 0. The van der Waals surface area contributed by atoms with Gasteiger partial charge in [-0.15, -0.1) is 0 Å². The van der Waals surface area contributed by atoms with Gasteiger partial charge < -0.3 is 0 Å². The second kappa shape index (κ2) is 4.86. The van der Waals surface area contributed by atoms with E-state index in [0.717, 1.165) is 27.5 Å². The maximum absolute atomic E-state index is 5.57. The lowest BCUT2D eigenvalue weighted by molar-refractivity contribution is 0.131. The van der Waals surface area contributed by atoms with E-state index in [1.165, 1.54) is 0 Å². The predicted octanol–water partition coefficient (Wildman–Crippen LogP) is 4.14. The molecule has 0 aliphatic carbocycles. The highest BCUT2D eigenvalue weighted by atomic mass is 16.7. The fourth-order valence-electron chi connectivity index (χ4n) is 2.13. The van der Waals surface area contributed by atoms with Crippen LogP contribution in [-0.2, 0) is 4.84 Å². The van der Waals surface area contributed by atoms with E-state index in [4.69, 9.17) is 4.84 Å². The van der Waals surface area contributed by atoms with Gasteiger partial charge in [0.25, 0.3) is 0 Å². The van der Waals surface area contributed by atoms with Crippen LogP contribution in [0.3, 0.4) is 0 Å². The van der Waals surface area contributed by atoms with Crippen LogP contribution in [0.15, 0.2) is 48.5 Å². The third kappa shape index (κ3) is 2.25. The third-order valence-corrected chi connectivity index (χ3v) is 2.98. The van der Waals surface area contributed by atoms with Crippen molar-refractivity contribution in [3.05, 3.63) is 48.5 Å². The van der Waals surface area contributed by atoms with E-state index in [1.807, 2.05) is 50.2 Å². The van der Waals surface area contributed by atoms with Gasteiger partial charge in [-0.05, 0) is 26.0 Å². The van der Waals surface area contributed by atoms with Crippen molar-refractivity contribution >= 4 is 27.5 Å². The van der Waals surface area contributed by atoms with E-state index in [0.29, 0.717) is 0 Å². The summed E-state index contributed by atoms with van der Waals surface area (Å²) in [4.78, 5) is 10.2. The number of anilines is 1. The zero-order valence-corrected chi connectivity index (χ0v) is 11.1. The first kappa shape index (κ1) is 11.9. The molecule has 0 radical (unpaired) electrons. The Bertz CT molecular complexity index is 668. The quantitative estimate of drug-likeness (QED) is 0.562. The fourth-order valence-corrected chi connectivity index (χ4v) is 2.13. The zero-order valence-electron chi connectivity index (χ0n) is 11.1. The summed E-state index contributed by atoms with van der Waals surface area (Å²) >= 11 is 0.